The molecule has 0 aromatic heterocycles. The highest BCUT2D eigenvalue weighted by molar-refractivity contribution is 7.89. The van der Waals surface area contributed by atoms with E-state index in [1.165, 1.54) is 12.1 Å². The summed E-state index contributed by atoms with van der Waals surface area (Å²) in [6.07, 6.45) is 0. The molecule has 0 bridgehead atoms. The van der Waals surface area contributed by atoms with Crippen molar-refractivity contribution in [3.8, 4) is 0 Å². The Labute approximate surface area is 77.4 Å². The zero-order chi connectivity index (χ0) is 10.1. The molecule has 0 fully saturated rings. The van der Waals surface area contributed by atoms with Crippen LogP contribution in [-0.2, 0) is 10.0 Å². The van der Waals surface area contributed by atoms with Crippen LogP contribution >= 0.6 is 0 Å². The third-order valence-electron chi connectivity index (χ3n) is 1.67. The van der Waals surface area contributed by atoms with E-state index in [2.05, 4.69) is 0 Å². The Morgan fingerprint density at radius 1 is 1.23 bits per heavy atom. The van der Waals surface area contributed by atoms with Gasteiger partial charge in [-0.2, -0.15) is 0 Å². The Morgan fingerprint density at radius 3 is 2.08 bits per heavy atom. The largest absolute Gasteiger partial charge is 0.299 e. The van der Waals surface area contributed by atoms with E-state index in [-0.39, 0.29) is 9.36 Å². The molecule has 0 atom stereocenters. The van der Waals surface area contributed by atoms with E-state index in [1.807, 2.05) is 6.92 Å². The standard InChI is InChI=1S/C8H11NO3S/c1-7-3-5-8(6-4-7)13(11,12)9(2)10/h3-6,10H,1-2H3. The minimum Gasteiger partial charge on any atom is -0.299 e. The summed E-state index contributed by atoms with van der Waals surface area (Å²) in [6.45, 7) is 1.86. The van der Waals surface area contributed by atoms with E-state index < -0.39 is 10.0 Å². The molecule has 1 rings (SSSR count). The molecule has 0 spiro atoms. The van der Waals surface area contributed by atoms with E-state index >= 15 is 0 Å². The van der Waals surface area contributed by atoms with Crippen LogP contribution in [0.1, 0.15) is 5.56 Å². The fourth-order valence-electron chi connectivity index (χ4n) is 0.863. The lowest BCUT2D eigenvalue weighted by molar-refractivity contribution is 0.0310. The van der Waals surface area contributed by atoms with E-state index in [1.54, 1.807) is 12.1 Å². The van der Waals surface area contributed by atoms with Crippen molar-refractivity contribution in [2.45, 2.75) is 11.8 Å². The van der Waals surface area contributed by atoms with Crippen LogP contribution in [0.25, 0.3) is 0 Å². The Balaban J connectivity index is 3.17. The second kappa shape index (κ2) is 3.45. The molecule has 0 heterocycles. The van der Waals surface area contributed by atoms with E-state index in [0.717, 1.165) is 12.6 Å². The van der Waals surface area contributed by atoms with Crippen molar-refractivity contribution in [1.82, 2.24) is 4.47 Å². The van der Waals surface area contributed by atoms with E-state index in [4.69, 9.17) is 5.21 Å². The van der Waals surface area contributed by atoms with Gasteiger partial charge < -0.3 is 0 Å². The molecule has 1 aromatic carbocycles. The maximum atomic E-state index is 11.3. The quantitative estimate of drug-likeness (QED) is 0.726. The summed E-state index contributed by atoms with van der Waals surface area (Å²) in [5.74, 6) is 0. The monoisotopic (exact) mass is 201 g/mol. The molecular weight excluding hydrogens is 190 g/mol. The molecule has 0 amide bonds. The molecule has 0 radical (unpaired) electrons. The molecule has 0 saturated heterocycles. The highest BCUT2D eigenvalue weighted by Gasteiger charge is 2.17. The summed E-state index contributed by atoms with van der Waals surface area (Å²) in [6, 6.07) is 6.27. The van der Waals surface area contributed by atoms with Gasteiger partial charge in [-0.15, -0.1) is 0 Å². The molecule has 0 aliphatic rings. The fourth-order valence-corrected chi connectivity index (χ4v) is 1.65. The number of rotatable bonds is 2. The highest BCUT2D eigenvalue weighted by Crippen LogP contribution is 2.12. The van der Waals surface area contributed by atoms with Gasteiger partial charge in [-0.05, 0) is 19.1 Å². The van der Waals surface area contributed by atoms with Crippen molar-refractivity contribution in [2.75, 3.05) is 7.05 Å². The molecule has 1 N–H and O–H groups in total. The third kappa shape index (κ3) is 2.06. The normalized spacial score (nSPS) is 12.0. The maximum Gasteiger partial charge on any atom is 0.264 e. The summed E-state index contributed by atoms with van der Waals surface area (Å²) in [4.78, 5) is 0.0862. The second-order valence-electron chi connectivity index (χ2n) is 2.75. The van der Waals surface area contributed by atoms with Crippen LogP contribution in [0, 0.1) is 6.92 Å². The minimum atomic E-state index is -3.70. The van der Waals surface area contributed by atoms with Crippen molar-refractivity contribution in [1.29, 1.82) is 0 Å². The summed E-state index contributed by atoms with van der Waals surface area (Å²) in [5, 5.41) is 8.85. The van der Waals surface area contributed by atoms with E-state index in [9.17, 15) is 8.42 Å². The van der Waals surface area contributed by atoms with Crippen LogP contribution < -0.4 is 0 Å². The molecule has 4 nitrogen and oxygen atoms in total. The Kier molecular flexibility index (Phi) is 2.70. The maximum absolute atomic E-state index is 11.3. The molecule has 0 aliphatic carbocycles. The van der Waals surface area contributed by atoms with Crippen LogP contribution in [0.2, 0.25) is 0 Å². The lowest BCUT2D eigenvalue weighted by atomic mass is 10.2. The topological polar surface area (TPSA) is 57.6 Å². The number of hydrogen-bond donors (Lipinski definition) is 1. The Morgan fingerprint density at radius 2 is 1.69 bits per heavy atom. The van der Waals surface area contributed by atoms with Crippen molar-refractivity contribution in [2.24, 2.45) is 0 Å². The number of hydrogen-bond acceptors (Lipinski definition) is 3. The Hall–Kier alpha value is -0.910. The first-order chi connectivity index (χ1) is 5.94. The zero-order valence-electron chi connectivity index (χ0n) is 7.43. The first-order valence-corrected chi connectivity index (χ1v) is 5.13. The van der Waals surface area contributed by atoms with E-state index in [0.29, 0.717) is 0 Å². The third-order valence-corrected chi connectivity index (χ3v) is 3.23. The van der Waals surface area contributed by atoms with Crippen molar-refractivity contribution < 1.29 is 13.6 Å². The fraction of sp³-hybridized carbons (Fsp3) is 0.250. The average molecular weight is 201 g/mol. The van der Waals surface area contributed by atoms with Gasteiger partial charge in [0.25, 0.3) is 10.0 Å². The number of aryl methyl sites for hydroxylation is 1. The first kappa shape index (κ1) is 10.2. The van der Waals surface area contributed by atoms with Gasteiger partial charge in [0.15, 0.2) is 0 Å². The van der Waals surface area contributed by atoms with Gasteiger partial charge in [-0.1, -0.05) is 22.2 Å². The summed E-state index contributed by atoms with van der Waals surface area (Å²) < 4.78 is 22.8. The van der Waals surface area contributed by atoms with Gasteiger partial charge in [0.1, 0.15) is 0 Å². The lowest BCUT2D eigenvalue weighted by Gasteiger charge is -2.09. The molecule has 72 valence electrons. The van der Waals surface area contributed by atoms with Crippen molar-refractivity contribution in [3.63, 3.8) is 0 Å². The molecule has 13 heavy (non-hydrogen) atoms. The SMILES string of the molecule is Cc1ccc(S(=O)(=O)N(C)O)cc1. The van der Waals surface area contributed by atoms with Crippen LogP contribution in [-0.4, -0.2) is 25.1 Å². The number of nitrogens with zero attached hydrogens (tertiary/aromatic N) is 1. The number of benzene rings is 1. The predicted molar refractivity (Wildman–Crippen MR) is 47.9 cm³/mol. The van der Waals surface area contributed by atoms with Crippen LogP contribution in [0.5, 0.6) is 0 Å². The molecule has 0 unspecified atom stereocenters. The van der Waals surface area contributed by atoms with Crippen molar-refractivity contribution in [3.05, 3.63) is 29.8 Å². The predicted octanol–water partition coefficient (Wildman–Crippen LogP) is 1.00. The van der Waals surface area contributed by atoms with Gasteiger partial charge in [-0.3, -0.25) is 5.21 Å². The first-order valence-electron chi connectivity index (χ1n) is 3.69. The Bertz CT molecular complexity index is 380. The number of hydroxylamine groups is 1. The van der Waals surface area contributed by atoms with Crippen LogP contribution in [0.4, 0.5) is 0 Å². The van der Waals surface area contributed by atoms with Gasteiger partial charge in [-0.25, -0.2) is 8.42 Å². The highest BCUT2D eigenvalue weighted by atomic mass is 32.2. The summed E-state index contributed by atoms with van der Waals surface area (Å²) >= 11 is 0. The summed E-state index contributed by atoms with van der Waals surface area (Å²) in [5.41, 5.74) is 0.972. The molecule has 1 aromatic rings. The molecular formula is C8H11NO3S. The molecule has 0 saturated carbocycles. The minimum absolute atomic E-state index is 0.0862. The zero-order valence-corrected chi connectivity index (χ0v) is 8.25. The van der Waals surface area contributed by atoms with Gasteiger partial charge in [0.2, 0.25) is 0 Å². The number of sulfonamides is 1. The van der Waals surface area contributed by atoms with Gasteiger partial charge in [0.05, 0.1) is 4.90 Å². The lowest BCUT2D eigenvalue weighted by Crippen LogP contribution is -2.22. The van der Waals surface area contributed by atoms with Crippen LogP contribution in [0.3, 0.4) is 0 Å². The molecule has 0 aliphatic heterocycles. The van der Waals surface area contributed by atoms with Gasteiger partial charge in [0, 0.05) is 7.05 Å². The average Bonchev–Trinajstić information content (AvgIpc) is 2.04. The van der Waals surface area contributed by atoms with Gasteiger partial charge >= 0.3 is 0 Å². The van der Waals surface area contributed by atoms with Crippen molar-refractivity contribution >= 4 is 10.0 Å². The second-order valence-corrected chi connectivity index (χ2v) is 4.70. The smallest absolute Gasteiger partial charge is 0.264 e. The van der Waals surface area contributed by atoms with Crippen LogP contribution in [0.15, 0.2) is 29.2 Å². The summed E-state index contributed by atoms with van der Waals surface area (Å²) in [7, 11) is -2.63. The molecule has 5 heteroatoms.